The van der Waals surface area contributed by atoms with E-state index in [1.807, 2.05) is 0 Å². The summed E-state index contributed by atoms with van der Waals surface area (Å²) >= 11 is 0. The Balaban J connectivity index is 2.60. The standard InChI is InChI=1S/C14H13NO4/c1-18-13-6-9(8-16)10(7-12(13)17)11-4-3-5-14(15-11)19-2/h3-8,17H,1-2H3. The summed E-state index contributed by atoms with van der Waals surface area (Å²) in [6.07, 6.45) is 0.693. The Kier molecular flexibility index (Phi) is 3.66. The highest BCUT2D eigenvalue weighted by atomic mass is 16.5. The third-order valence-electron chi connectivity index (χ3n) is 2.69. The van der Waals surface area contributed by atoms with Gasteiger partial charge in [0.2, 0.25) is 5.88 Å². The fourth-order valence-electron chi connectivity index (χ4n) is 1.75. The molecule has 2 rings (SSSR count). The van der Waals surface area contributed by atoms with Crippen LogP contribution in [0.1, 0.15) is 10.4 Å². The predicted molar refractivity (Wildman–Crippen MR) is 69.8 cm³/mol. The van der Waals surface area contributed by atoms with Gasteiger partial charge in [0, 0.05) is 17.2 Å². The molecule has 0 unspecified atom stereocenters. The minimum absolute atomic E-state index is 0.0484. The normalized spacial score (nSPS) is 10.0. The summed E-state index contributed by atoms with van der Waals surface area (Å²) < 4.78 is 10.0. The maximum Gasteiger partial charge on any atom is 0.213 e. The van der Waals surface area contributed by atoms with Crippen LogP contribution in [0.4, 0.5) is 0 Å². The van der Waals surface area contributed by atoms with Crippen molar-refractivity contribution >= 4 is 6.29 Å². The third-order valence-corrected chi connectivity index (χ3v) is 2.69. The number of hydrogen-bond acceptors (Lipinski definition) is 5. The summed E-state index contributed by atoms with van der Waals surface area (Å²) in [6, 6.07) is 8.12. The molecular weight excluding hydrogens is 246 g/mol. The third kappa shape index (κ3) is 2.49. The topological polar surface area (TPSA) is 68.7 Å². The number of carbonyl (C=O) groups excluding carboxylic acids is 1. The highest BCUT2D eigenvalue weighted by Gasteiger charge is 2.12. The average molecular weight is 259 g/mol. The van der Waals surface area contributed by atoms with Crippen molar-refractivity contribution in [2.75, 3.05) is 14.2 Å². The van der Waals surface area contributed by atoms with E-state index in [1.54, 1.807) is 18.2 Å². The Morgan fingerprint density at radius 2 is 2.00 bits per heavy atom. The van der Waals surface area contributed by atoms with Gasteiger partial charge in [-0.05, 0) is 18.2 Å². The molecule has 2 aromatic rings. The molecule has 1 aromatic carbocycles. The van der Waals surface area contributed by atoms with Crippen LogP contribution in [0.25, 0.3) is 11.3 Å². The van der Waals surface area contributed by atoms with Gasteiger partial charge in [-0.25, -0.2) is 4.98 Å². The molecular formula is C14H13NO4. The Morgan fingerprint density at radius 1 is 1.21 bits per heavy atom. The van der Waals surface area contributed by atoms with Crippen LogP contribution in [0.5, 0.6) is 17.4 Å². The number of methoxy groups -OCH3 is 2. The van der Waals surface area contributed by atoms with Crippen molar-refractivity contribution in [3.05, 3.63) is 35.9 Å². The molecule has 0 aliphatic heterocycles. The molecule has 98 valence electrons. The van der Waals surface area contributed by atoms with Crippen molar-refractivity contribution in [1.29, 1.82) is 0 Å². The molecule has 0 aliphatic rings. The lowest BCUT2D eigenvalue weighted by molar-refractivity contribution is 0.112. The van der Waals surface area contributed by atoms with E-state index in [0.717, 1.165) is 0 Å². The van der Waals surface area contributed by atoms with Crippen molar-refractivity contribution in [1.82, 2.24) is 4.98 Å². The second kappa shape index (κ2) is 5.39. The van der Waals surface area contributed by atoms with Crippen LogP contribution in [-0.2, 0) is 0 Å². The number of aldehydes is 1. The largest absolute Gasteiger partial charge is 0.504 e. The number of aromatic nitrogens is 1. The van der Waals surface area contributed by atoms with Crippen LogP contribution in [0, 0.1) is 0 Å². The minimum atomic E-state index is -0.0484. The number of aromatic hydroxyl groups is 1. The Bertz CT molecular complexity index is 610. The molecule has 5 nitrogen and oxygen atoms in total. The summed E-state index contributed by atoms with van der Waals surface area (Å²) in [7, 11) is 2.94. The van der Waals surface area contributed by atoms with Crippen molar-refractivity contribution in [3.8, 4) is 28.6 Å². The molecule has 19 heavy (non-hydrogen) atoms. The number of nitrogens with zero attached hydrogens (tertiary/aromatic N) is 1. The lowest BCUT2D eigenvalue weighted by Gasteiger charge is -2.09. The van der Waals surface area contributed by atoms with Gasteiger partial charge in [-0.3, -0.25) is 4.79 Å². The van der Waals surface area contributed by atoms with Gasteiger partial charge in [-0.2, -0.15) is 0 Å². The fraction of sp³-hybridized carbons (Fsp3) is 0.143. The van der Waals surface area contributed by atoms with Crippen LogP contribution in [0.15, 0.2) is 30.3 Å². The van der Waals surface area contributed by atoms with E-state index >= 15 is 0 Å². The molecule has 1 aromatic heterocycles. The second-order valence-corrected chi connectivity index (χ2v) is 3.79. The number of rotatable bonds is 4. The highest BCUT2D eigenvalue weighted by Crippen LogP contribution is 2.33. The summed E-state index contributed by atoms with van der Waals surface area (Å²) in [5.74, 6) is 0.631. The number of ether oxygens (including phenoxy) is 2. The lowest BCUT2D eigenvalue weighted by Crippen LogP contribution is -1.95. The van der Waals surface area contributed by atoms with Crippen LogP contribution in [-0.4, -0.2) is 30.6 Å². The molecule has 0 saturated heterocycles. The maximum atomic E-state index is 11.1. The van der Waals surface area contributed by atoms with E-state index in [9.17, 15) is 9.90 Å². The summed E-state index contributed by atoms with van der Waals surface area (Å²) in [6.45, 7) is 0. The highest BCUT2D eigenvalue weighted by molar-refractivity contribution is 5.88. The minimum Gasteiger partial charge on any atom is -0.504 e. The second-order valence-electron chi connectivity index (χ2n) is 3.79. The van der Waals surface area contributed by atoms with Gasteiger partial charge in [-0.15, -0.1) is 0 Å². The smallest absolute Gasteiger partial charge is 0.213 e. The first-order valence-electron chi connectivity index (χ1n) is 5.57. The van der Waals surface area contributed by atoms with Gasteiger partial charge >= 0.3 is 0 Å². The van der Waals surface area contributed by atoms with E-state index in [1.165, 1.54) is 26.4 Å². The quantitative estimate of drug-likeness (QED) is 0.853. The molecule has 5 heteroatoms. The zero-order valence-electron chi connectivity index (χ0n) is 10.6. The van der Waals surface area contributed by atoms with Gasteiger partial charge < -0.3 is 14.6 Å². The number of benzene rings is 1. The molecule has 0 bridgehead atoms. The Morgan fingerprint density at radius 3 is 2.63 bits per heavy atom. The first kappa shape index (κ1) is 12.9. The van der Waals surface area contributed by atoms with Gasteiger partial charge in [0.05, 0.1) is 19.9 Å². The summed E-state index contributed by atoms with van der Waals surface area (Å²) in [5, 5.41) is 9.80. The van der Waals surface area contributed by atoms with Crippen LogP contribution in [0.3, 0.4) is 0 Å². The fourth-order valence-corrected chi connectivity index (χ4v) is 1.75. The molecule has 0 radical (unpaired) electrons. The zero-order valence-corrected chi connectivity index (χ0v) is 10.6. The monoisotopic (exact) mass is 259 g/mol. The van der Waals surface area contributed by atoms with E-state index in [-0.39, 0.29) is 11.5 Å². The molecule has 0 fully saturated rings. The number of phenols is 1. The summed E-state index contributed by atoms with van der Waals surface area (Å²) in [5.41, 5.74) is 1.45. The SMILES string of the molecule is COc1cccc(-c2cc(O)c(OC)cc2C=O)n1. The summed E-state index contributed by atoms with van der Waals surface area (Å²) in [4.78, 5) is 15.4. The average Bonchev–Trinajstić information content (AvgIpc) is 2.47. The first-order chi connectivity index (χ1) is 9.19. The molecule has 0 aliphatic carbocycles. The number of hydrogen-bond donors (Lipinski definition) is 1. The molecule has 0 spiro atoms. The lowest BCUT2D eigenvalue weighted by atomic mass is 10.0. The van der Waals surface area contributed by atoms with Gasteiger partial charge in [0.15, 0.2) is 17.8 Å². The van der Waals surface area contributed by atoms with E-state index in [0.29, 0.717) is 29.0 Å². The Labute approximate surface area is 110 Å². The van der Waals surface area contributed by atoms with Crippen LogP contribution in [0.2, 0.25) is 0 Å². The number of carbonyl (C=O) groups is 1. The number of pyridine rings is 1. The van der Waals surface area contributed by atoms with E-state index < -0.39 is 0 Å². The zero-order chi connectivity index (χ0) is 13.8. The van der Waals surface area contributed by atoms with Crippen molar-refractivity contribution in [2.24, 2.45) is 0 Å². The van der Waals surface area contributed by atoms with Crippen molar-refractivity contribution < 1.29 is 19.4 Å². The van der Waals surface area contributed by atoms with Crippen LogP contribution < -0.4 is 9.47 Å². The van der Waals surface area contributed by atoms with Gasteiger partial charge in [0.25, 0.3) is 0 Å². The molecule has 0 atom stereocenters. The molecule has 0 saturated carbocycles. The van der Waals surface area contributed by atoms with E-state index in [2.05, 4.69) is 4.98 Å². The Hall–Kier alpha value is -2.56. The molecule has 0 amide bonds. The van der Waals surface area contributed by atoms with Crippen molar-refractivity contribution in [2.45, 2.75) is 0 Å². The van der Waals surface area contributed by atoms with E-state index in [4.69, 9.17) is 9.47 Å². The molecule has 1 heterocycles. The van der Waals surface area contributed by atoms with Crippen molar-refractivity contribution in [3.63, 3.8) is 0 Å². The number of phenolic OH excluding ortho intramolecular Hbond substituents is 1. The molecule has 1 N–H and O–H groups in total. The van der Waals surface area contributed by atoms with Crippen LogP contribution >= 0.6 is 0 Å². The predicted octanol–water partition coefficient (Wildman–Crippen LogP) is 2.28. The maximum absolute atomic E-state index is 11.1. The van der Waals surface area contributed by atoms with Gasteiger partial charge in [0.1, 0.15) is 0 Å². The van der Waals surface area contributed by atoms with Gasteiger partial charge in [-0.1, -0.05) is 6.07 Å². The first-order valence-corrected chi connectivity index (χ1v) is 5.57.